The Morgan fingerprint density at radius 2 is 1.86 bits per heavy atom. The van der Waals surface area contributed by atoms with E-state index in [0.717, 1.165) is 13.1 Å². The van der Waals surface area contributed by atoms with Gasteiger partial charge in [0.05, 0.1) is 12.7 Å². The topological polar surface area (TPSA) is 134 Å². The van der Waals surface area contributed by atoms with Crippen molar-refractivity contribution in [3.63, 3.8) is 0 Å². The number of carbonyl (C=O) groups excluding carboxylic acids is 1. The minimum absolute atomic E-state index is 0.0475. The number of carbonyl (C=O) groups is 3. The van der Waals surface area contributed by atoms with Crippen LogP contribution in [0.25, 0.3) is 0 Å². The molecule has 1 saturated heterocycles. The summed E-state index contributed by atoms with van der Waals surface area (Å²) < 4.78 is 10.5. The fourth-order valence-corrected chi connectivity index (χ4v) is 1.26. The van der Waals surface area contributed by atoms with Gasteiger partial charge in [-0.1, -0.05) is 0 Å². The normalized spacial score (nSPS) is 18.0. The van der Waals surface area contributed by atoms with Crippen molar-refractivity contribution >= 4 is 18.0 Å². The van der Waals surface area contributed by atoms with Crippen molar-refractivity contribution in [1.82, 2.24) is 10.6 Å². The van der Waals surface area contributed by atoms with Gasteiger partial charge in [0.25, 0.3) is 0 Å². The molecule has 1 unspecified atom stereocenters. The molecule has 0 radical (unpaired) electrons. The smallest absolute Gasteiger partial charge is 0.414 e. The zero-order chi connectivity index (χ0) is 16.5. The summed E-state index contributed by atoms with van der Waals surface area (Å²) in [6, 6.07) is 0. The summed E-state index contributed by atoms with van der Waals surface area (Å²) in [5, 5.41) is 20.7. The molecule has 1 aliphatic heterocycles. The second-order valence-corrected chi connectivity index (χ2v) is 5.19. The highest BCUT2D eigenvalue weighted by Crippen LogP contribution is 2.06. The summed E-state index contributed by atoms with van der Waals surface area (Å²) in [4.78, 5) is 29.5. The Morgan fingerprint density at radius 1 is 1.29 bits per heavy atom. The third kappa shape index (κ3) is 11.6. The van der Waals surface area contributed by atoms with Crippen LogP contribution in [0.5, 0.6) is 0 Å². The average molecular weight is 306 g/mol. The summed E-state index contributed by atoms with van der Waals surface area (Å²) in [5.74, 6) is -3.65. The van der Waals surface area contributed by atoms with Crippen molar-refractivity contribution in [2.24, 2.45) is 0 Å². The van der Waals surface area contributed by atoms with Crippen LogP contribution in [0.15, 0.2) is 0 Å². The number of amides is 1. The van der Waals surface area contributed by atoms with Crippen LogP contribution in [0.3, 0.4) is 0 Å². The molecule has 0 bridgehead atoms. The molecular weight excluding hydrogens is 284 g/mol. The second-order valence-electron chi connectivity index (χ2n) is 5.19. The first-order valence-corrected chi connectivity index (χ1v) is 6.37. The third-order valence-electron chi connectivity index (χ3n) is 2.06. The Balaban J connectivity index is 0.000000567. The van der Waals surface area contributed by atoms with Gasteiger partial charge in [0.2, 0.25) is 0 Å². The maximum absolute atomic E-state index is 11.3. The second kappa shape index (κ2) is 9.14. The van der Waals surface area contributed by atoms with Crippen LogP contribution in [0.1, 0.15) is 20.8 Å². The minimum Gasteiger partial charge on any atom is -0.473 e. The van der Waals surface area contributed by atoms with Crippen molar-refractivity contribution in [1.29, 1.82) is 0 Å². The van der Waals surface area contributed by atoms with Gasteiger partial charge < -0.3 is 30.3 Å². The summed E-state index contributed by atoms with van der Waals surface area (Å²) in [6.45, 7) is 8.35. The van der Waals surface area contributed by atoms with E-state index in [4.69, 9.17) is 29.3 Å². The van der Waals surface area contributed by atoms with E-state index in [2.05, 4.69) is 10.6 Å². The molecular formula is C12H22N2O7. The maximum atomic E-state index is 11.3. The summed E-state index contributed by atoms with van der Waals surface area (Å²) >= 11 is 0. The van der Waals surface area contributed by atoms with Gasteiger partial charge >= 0.3 is 18.0 Å². The lowest BCUT2D eigenvalue weighted by atomic mass is 10.2. The lowest BCUT2D eigenvalue weighted by Gasteiger charge is -2.25. The third-order valence-corrected chi connectivity index (χ3v) is 2.06. The number of aliphatic carboxylic acids is 2. The molecule has 0 aromatic carbocycles. The lowest BCUT2D eigenvalue weighted by Crippen LogP contribution is -2.46. The minimum atomic E-state index is -1.82. The number of morpholine rings is 1. The fraction of sp³-hybridized carbons (Fsp3) is 0.750. The number of carboxylic acids is 2. The van der Waals surface area contributed by atoms with Crippen LogP contribution < -0.4 is 10.6 Å². The number of carboxylic acid groups (broad SMARTS) is 2. The zero-order valence-corrected chi connectivity index (χ0v) is 12.3. The summed E-state index contributed by atoms with van der Waals surface area (Å²) in [6.07, 6.45) is -0.344. The van der Waals surface area contributed by atoms with Crippen molar-refractivity contribution in [3.05, 3.63) is 0 Å². The van der Waals surface area contributed by atoms with Gasteiger partial charge in [0.1, 0.15) is 5.60 Å². The zero-order valence-electron chi connectivity index (χ0n) is 12.3. The fourth-order valence-electron chi connectivity index (χ4n) is 1.26. The van der Waals surface area contributed by atoms with Crippen LogP contribution in [0.2, 0.25) is 0 Å². The molecule has 0 spiro atoms. The molecule has 0 aromatic heterocycles. The Bertz CT molecular complexity index is 347. The lowest BCUT2D eigenvalue weighted by molar-refractivity contribution is -0.159. The van der Waals surface area contributed by atoms with Crippen LogP contribution in [-0.2, 0) is 19.1 Å². The molecule has 0 saturated carbocycles. The molecule has 1 atom stereocenters. The summed E-state index contributed by atoms with van der Waals surface area (Å²) in [5.41, 5.74) is -0.449. The van der Waals surface area contributed by atoms with E-state index in [1.807, 2.05) is 20.8 Å². The molecule has 1 amide bonds. The average Bonchev–Trinajstić information content (AvgIpc) is 2.36. The molecule has 9 nitrogen and oxygen atoms in total. The van der Waals surface area contributed by atoms with Crippen molar-refractivity contribution in [2.75, 3.05) is 26.2 Å². The molecule has 0 aromatic rings. The van der Waals surface area contributed by atoms with E-state index in [1.54, 1.807) is 0 Å². The number of alkyl carbamates (subject to hydrolysis) is 1. The molecule has 1 fully saturated rings. The van der Waals surface area contributed by atoms with Crippen molar-refractivity contribution < 1.29 is 34.1 Å². The van der Waals surface area contributed by atoms with Gasteiger partial charge in [0.15, 0.2) is 0 Å². The summed E-state index contributed by atoms with van der Waals surface area (Å²) in [7, 11) is 0. The van der Waals surface area contributed by atoms with Crippen molar-refractivity contribution in [3.8, 4) is 0 Å². The van der Waals surface area contributed by atoms with E-state index in [-0.39, 0.29) is 6.10 Å². The van der Waals surface area contributed by atoms with Crippen LogP contribution in [0.4, 0.5) is 4.79 Å². The van der Waals surface area contributed by atoms with Crippen LogP contribution in [-0.4, -0.2) is 66.2 Å². The van der Waals surface area contributed by atoms with E-state index in [0.29, 0.717) is 13.2 Å². The Hall–Kier alpha value is -1.87. The van der Waals surface area contributed by atoms with Gasteiger partial charge in [-0.05, 0) is 20.8 Å². The number of ether oxygens (including phenoxy) is 2. The van der Waals surface area contributed by atoms with E-state index < -0.39 is 23.6 Å². The van der Waals surface area contributed by atoms with E-state index in [1.165, 1.54) is 0 Å². The molecule has 9 heteroatoms. The number of hydrogen-bond acceptors (Lipinski definition) is 6. The number of nitrogens with one attached hydrogen (secondary N) is 2. The van der Waals surface area contributed by atoms with Crippen molar-refractivity contribution in [2.45, 2.75) is 32.5 Å². The highest BCUT2D eigenvalue weighted by atomic mass is 16.6. The highest BCUT2D eigenvalue weighted by molar-refractivity contribution is 6.27. The molecule has 122 valence electrons. The largest absolute Gasteiger partial charge is 0.473 e. The first kappa shape index (κ1) is 19.1. The monoisotopic (exact) mass is 306 g/mol. The first-order valence-electron chi connectivity index (χ1n) is 6.37. The predicted octanol–water partition coefficient (Wildman–Crippen LogP) is -0.345. The Morgan fingerprint density at radius 3 is 2.24 bits per heavy atom. The van der Waals surface area contributed by atoms with Gasteiger partial charge in [-0.15, -0.1) is 0 Å². The van der Waals surface area contributed by atoms with Crippen LogP contribution >= 0.6 is 0 Å². The number of hydrogen-bond donors (Lipinski definition) is 4. The van der Waals surface area contributed by atoms with Gasteiger partial charge in [-0.25, -0.2) is 14.4 Å². The first-order chi connectivity index (χ1) is 9.61. The van der Waals surface area contributed by atoms with Gasteiger partial charge in [0, 0.05) is 19.6 Å². The molecule has 4 N–H and O–H groups in total. The molecule has 21 heavy (non-hydrogen) atoms. The Labute approximate surface area is 122 Å². The molecule has 0 aliphatic carbocycles. The predicted molar refractivity (Wildman–Crippen MR) is 72.1 cm³/mol. The molecule has 1 rings (SSSR count). The maximum Gasteiger partial charge on any atom is 0.414 e. The standard InChI is InChI=1S/C10H20N2O3.C2H2O4/c1-10(2,3)15-9(13)12-7-8-6-11-4-5-14-8;3-1(4)2(5)6/h8,11H,4-7H2,1-3H3,(H,12,13);(H,3,4)(H,5,6). The van der Waals surface area contributed by atoms with Crippen LogP contribution in [0, 0.1) is 0 Å². The Kier molecular flexibility index (Phi) is 8.32. The highest BCUT2D eigenvalue weighted by Gasteiger charge is 2.18. The van der Waals surface area contributed by atoms with E-state index >= 15 is 0 Å². The molecule has 1 heterocycles. The SMILES string of the molecule is CC(C)(C)OC(=O)NCC1CNCCO1.O=C(O)C(=O)O. The quantitative estimate of drug-likeness (QED) is 0.509. The van der Waals surface area contributed by atoms with E-state index in [9.17, 15) is 4.79 Å². The molecule has 1 aliphatic rings. The number of rotatable bonds is 2. The van der Waals surface area contributed by atoms with Gasteiger partial charge in [-0.3, -0.25) is 0 Å². The van der Waals surface area contributed by atoms with Gasteiger partial charge in [-0.2, -0.15) is 0 Å².